The zero-order valence-corrected chi connectivity index (χ0v) is 8.30. The fraction of sp³-hybridized carbons (Fsp3) is 0.429. The summed E-state index contributed by atoms with van der Waals surface area (Å²) in [5.74, 6) is 1.18. The zero-order valence-electron chi connectivity index (χ0n) is 7.48. The van der Waals surface area contributed by atoms with Crippen LogP contribution in [-0.4, -0.2) is 37.0 Å². The highest BCUT2D eigenvalue weighted by Crippen LogP contribution is 2.19. The van der Waals surface area contributed by atoms with Gasteiger partial charge in [-0.1, -0.05) is 11.8 Å². The topological polar surface area (TPSA) is 79.0 Å². The number of aromatic nitrogens is 3. The van der Waals surface area contributed by atoms with Crippen LogP contribution in [0.25, 0.3) is 0 Å². The number of aryl methyl sites for hydroxylation is 1. The molecule has 1 aliphatic heterocycles. The average Bonchev–Trinajstić information content (AvgIpc) is 2.67. The Morgan fingerprint density at radius 2 is 2.36 bits per heavy atom. The molecule has 1 aromatic rings. The quantitative estimate of drug-likeness (QED) is 0.763. The normalized spacial score (nSPS) is 16.8. The highest BCUT2D eigenvalue weighted by Gasteiger charge is 2.30. The van der Waals surface area contributed by atoms with Crippen molar-refractivity contribution < 1.29 is 9.59 Å². The summed E-state index contributed by atoms with van der Waals surface area (Å²) in [5.41, 5.74) is 0. The minimum absolute atomic E-state index is 0.162. The molecule has 1 aromatic heterocycles. The molecule has 0 bridgehead atoms. The molecule has 1 N–H and O–H groups in total. The maximum absolute atomic E-state index is 11.2. The maximum Gasteiger partial charge on any atom is 0.289 e. The van der Waals surface area contributed by atoms with Crippen molar-refractivity contribution in [2.45, 2.75) is 13.5 Å². The van der Waals surface area contributed by atoms with Crippen molar-refractivity contribution in [1.29, 1.82) is 0 Å². The molecule has 1 fully saturated rings. The number of nitrogens with zero attached hydrogens (tertiary/aromatic N) is 3. The lowest BCUT2D eigenvalue weighted by molar-refractivity contribution is -0.125. The number of carbonyl (C=O) groups excluding carboxylic acids is 2. The summed E-state index contributed by atoms with van der Waals surface area (Å²) < 4.78 is 0. The van der Waals surface area contributed by atoms with Gasteiger partial charge in [0, 0.05) is 0 Å². The van der Waals surface area contributed by atoms with Crippen molar-refractivity contribution in [3.8, 4) is 0 Å². The van der Waals surface area contributed by atoms with Gasteiger partial charge in [0.1, 0.15) is 5.82 Å². The van der Waals surface area contributed by atoms with E-state index in [4.69, 9.17) is 0 Å². The highest BCUT2D eigenvalue weighted by atomic mass is 32.2. The second-order valence-electron chi connectivity index (χ2n) is 2.87. The summed E-state index contributed by atoms with van der Waals surface area (Å²) in [6, 6.07) is 0. The third-order valence-corrected chi connectivity index (χ3v) is 2.64. The fourth-order valence-electron chi connectivity index (χ4n) is 1.14. The first-order valence-corrected chi connectivity index (χ1v) is 5.00. The Morgan fingerprint density at radius 3 is 2.86 bits per heavy atom. The second-order valence-corrected chi connectivity index (χ2v) is 3.80. The molecule has 0 aromatic carbocycles. The molecule has 2 amide bonds. The molecule has 0 radical (unpaired) electrons. The highest BCUT2D eigenvalue weighted by molar-refractivity contribution is 8.14. The number of nitrogens with one attached hydrogen (secondary N) is 1. The Hall–Kier alpha value is -1.37. The predicted octanol–water partition coefficient (Wildman–Crippen LogP) is 0.309. The Labute approximate surface area is 84.1 Å². The van der Waals surface area contributed by atoms with E-state index in [0.717, 1.165) is 16.7 Å². The Morgan fingerprint density at radius 1 is 1.57 bits per heavy atom. The molecule has 0 saturated carbocycles. The van der Waals surface area contributed by atoms with Crippen LogP contribution in [0.3, 0.4) is 0 Å². The van der Waals surface area contributed by atoms with Gasteiger partial charge in [0.2, 0.25) is 5.91 Å². The van der Waals surface area contributed by atoms with Gasteiger partial charge in [0.05, 0.1) is 12.3 Å². The first kappa shape index (κ1) is 9.20. The van der Waals surface area contributed by atoms with Crippen LogP contribution >= 0.6 is 11.8 Å². The van der Waals surface area contributed by atoms with Crippen LogP contribution in [0.15, 0.2) is 0 Å². The van der Waals surface area contributed by atoms with Gasteiger partial charge in [-0.05, 0) is 6.92 Å². The Kier molecular flexibility index (Phi) is 2.24. The molecule has 74 valence electrons. The van der Waals surface area contributed by atoms with Gasteiger partial charge in [0.15, 0.2) is 5.82 Å². The van der Waals surface area contributed by atoms with Crippen LogP contribution in [0.2, 0.25) is 0 Å². The Bertz CT molecular complexity index is 373. The number of rotatable bonds is 2. The SMILES string of the molecule is Cc1nc(CN2C(=O)CSC2=O)n[nH]1. The molecule has 0 atom stereocenters. The van der Waals surface area contributed by atoms with Crippen LogP contribution in [-0.2, 0) is 11.3 Å². The van der Waals surface area contributed by atoms with E-state index in [9.17, 15) is 9.59 Å². The number of hydrogen-bond acceptors (Lipinski definition) is 5. The lowest BCUT2D eigenvalue weighted by Gasteiger charge is -2.08. The van der Waals surface area contributed by atoms with Crippen molar-refractivity contribution in [3.63, 3.8) is 0 Å². The van der Waals surface area contributed by atoms with E-state index in [1.807, 2.05) is 0 Å². The first-order chi connectivity index (χ1) is 6.66. The summed E-state index contributed by atoms with van der Waals surface area (Å²) >= 11 is 1.01. The Balaban J connectivity index is 2.10. The lowest BCUT2D eigenvalue weighted by Crippen LogP contribution is -2.28. The van der Waals surface area contributed by atoms with Gasteiger partial charge >= 0.3 is 0 Å². The number of hydrogen-bond donors (Lipinski definition) is 1. The van der Waals surface area contributed by atoms with Crippen LogP contribution in [0, 0.1) is 6.92 Å². The van der Waals surface area contributed by atoms with Crippen LogP contribution in [0.4, 0.5) is 4.79 Å². The van der Waals surface area contributed by atoms with Crippen molar-refractivity contribution in [1.82, 2.24) is 20.1 Å². The van der Waals surface area contributed by atoms with Crippen molar-refractivity contribution in [2.75, 3.05) is 5.75 Å². The number of thioether (sulfide) groups is 1. The molecule has 1 saturated heterocycles. The molecule has 7 heteroatoms. The van der Waals surface area contributed by atoms with Crippen LogP contribution in [0.5, 0.6) is 0 Å². The smallest absolute Gasteiger partial charge is 0.273 e. The van der Waals surface area contributed by atoms with Crippen molar-refractivity contribution in [3.05, 3.63) is 11.6 Å². The minimum Gasteiger partial charge on any atom is -0.273 e. The lowest BCUT2D eigenvalue weighted by atomic mass is 10.5. The summed E-state index contributed by atoms with van der Waals surface area (Å²) in [5, 5.41) is 6.29. The molecule has 14 heavy (non-hydrogen) atoms. The van der Waals surface area contributed by atoms with Crippen molar-refractivity contribution >= 4 is 22.9 Å². The van der Waals surface area contributed by atoms with E-state index in [0.29, 0.717) is 11.6 Å². The van der Waals surface area contributed by atoms with E-state index < -0.39 is 0 Å². The molecule has 6 nitrogen and oxygen atoms in total. The zero-order chi connectivity index (χ0) is 10.1. The molecule has 2 rings (SSSR count). The number of aromatic amines is 1. The number of imide groups is 1. The summed E-state index contributed by atoms with van der Waals surface area (Å²) in [6.45, 7) is 1.92. The third kappa shape index (κ3) is 1.63. The van der Waals surface area contributed by atoms with Gasteiger partial charge in [-0.15, -0.1) is 0 Å². The standard InChI is InChI=1S/C7H8N4O2S/c1-4-8-5(10-9-4)2-11-6(12)3-14-7(11)13/h2-3H2,1H3,(H,8,9,10). The number of carbonyl (C=O) groups is 2. The molecule has 0 aliphatic carbocycles. The minimum atomic E-state index is -0.225. The third-order valence-electron chi connectivity index (χ3n) is 1.78. The van der Waals surface area contributed by atoms with E-state index in [2.05, 4.69) is 15.2 Å². The maximum atomic E-state index is 11.2. The van der Waals surface area contributed by atoms with E-state index in [1.165, 1.54) is 0 Å². The van der Waals surface area contributed by atoms with Crippen LogP contribution < -0.4 is 0 Å². The molecule has 0 unspecified atom stereocenters. The molecule has 0 spiro atoms. The van der Waals surface area contributed by atoms with E-state index in [-0.39, 0.29) is 23.4 Å². The summed E-state index contributed by atoms with van der Waals surface area (Å²) in [4.78, 5) is 27.6. The predicted molar refractivity (Wildman–Crippen MR) is 49.5 cm³/mol. The fourth-order valence-corrected chi connectivity index (χ4v) is 1.86. The largest absolute Gasteiger partial charge is 0.289 e. The molecular weight excluding hydrogens is 204 g/mol. The monoisotopic (exact) mass is 212 g/mol. The van der Waals surface area contributed by atoms with E-state index >= 15 is 0 Å². The molecule has 1 aliphatic rings. The van der Waals surface area contributed by atoms with Gasteiger partial charge in [-0.25, -0.2) is 4.98 Å². The average molecular weight is 212 g/mol. The number of H-pyrrole nitrogens is 1. The first-order valence-electron chi connectivity index (χ1n) is 4.02. The van der Waals surface area contributed by atoms with Crippen LogP contribution in [0.1, 0.15) is 11.6 Å². The van der Waals surface area contributed by atoms with Gasteiger partial charge in [-0.3, -0.25) is 19.6 Å². The van der Waals surface area contributed by atoms with Gasteiger partial charge < -0.3 is 0 Å². The summed E-state index contributed by atoms with van der Waals surface area (Å²) in [7, 11) is 0. The van der Waals surface area contributed by atoms with E-state index in [1.54, 1.807) is 6.92 Å². The second kappa shape index (κ2) is 3.41. The summed E-state index contributed by atoms with van der Waals surface area (Å²) in [6.07, 6.45) is 0. The van der Waals surface area contributed by atoms with Crippen molar-refractivity contribution in [2.24, 2.45) is 0 Å². The number of amides is 2. The molecular formula is C7H8N4O2S. The molecule has 2 heterocycles. The van der Waals surface area contributed by atoms with Gasteiger partial charge in [-0.2, -0.15) is 5.10 Å². The van der Waals surface area contributed by atoms with Gasteiger partial charge in [0.25, 0.3) is 5.24 Å².